The molecule has 0 radical (unpaired) electrons. The second kappa shape index (κ2) is 6.96. The van der Waals surface area contributed by atoms with Gasteiger partial charge in [0.15, 0.2) is 5.17 Å². The van der Waals surface area contributed by atoms with Crippen LogP contribution in [-0.2, 0) is 10.9 Å². The molecule has 1 aromatic rings. The van der Waals surface area contributed by atoms with Crippen LogP contribution in [0.15, 0.2) is 40.7 Å². The number of rotatable bonds is 3. The number of thioether (sulfide) groups is 1. The van der Waals surface area contributed by atoms with Gasteiger partial charge in [-0.2, -0.15) is 18.4 Å². The maximum absolute atomic E-state index is 12.7. The largest absolute Gasteiger partial charge is 0.478 e. The highest BCUT2D eigenvalue weighted by Gasteiger charge is 2.33. The maximum atomic E-state index is 12.7. The van der Waals surface area contributed by atoms with Crippen LogP contribution in [0.25, 0.3) is 0 Å². The first-order chi connectivity index (χ1) is 10.9. The Balaban J connectivity index is 2.43. The van der Waals surface area contributed by atoms with Crippen molar-refractivity contribution in [2.24, 2.45) is 4.99 Å². The fourth-order valence-corrected chi connectivity index (χ4v) is 3.09. The van der Waals surface area contributed by atoms with Crippen molar-refractivity contribution < 1.29 is 17.9 Å². The molecule has 23 heavy (non-hydrogen) atoms. The zero-order chi connectivity index (χ0) is 17.0. The van der Waals surface area contributed by atoms with E-state index in [0.717, 1.165) is 12.1 Å². The molecular weight excluding hydrogens is 327 g/mol. The summed E-state index contributed by atoms with van der Waals surface area (Å²) in [7, 11) is 1.58. The van der Waals surface area contributed by atoms with Gasteiger partial charge in [0, 0.05) is 7.05 Å². The average molecular weight is 341 g/mol. The quantitative estimate of drug-likeness (QED) is 0.907. The van der Waals surface area contributed by atoms with Crippen molar-refractivity contribution in [3.05, 3.63) is 46.8 Å². The highest BCUT2D eigenvalue weighted by molar-refractivity contribution is 8.14. The molecule has 0 aromatic heterocycles. The van der Waals surface area contributed by atoms with Gasteiger partial charge in [-0.1, -0.05) is 23.9 Å². The Bertz CT molecular complexity index is 675. The number of benzene rings is 1. The molecule has 1 atom stereocenters. The van der Waals surface area contributed by atoms with Crippen LogP contribution in [0.2, 0.25) is 0 Å². The fraction of sp³-hybridized carbons (Fsp3) is 0.333. The van der Waals surface area contributed by atoms with Crippen molar-refractivity contribution in [1.29, 1.82) is 5.26 Å². The van der Waals surface area contributed by atoms with Gasteiger partial charge in [0.2, 0.25) is 5.88 Å². The normalized spacial score (nSPS) is 20.2. The number of halogens is 3. The van der Waals surface area contributed by atoms with Crippen molar-refractivity contribution in [3.63, 3.8) is 0 Å². The molecule has 0 saturated carbocycles. The lowest BCUT2D eigenvalue weighted by Crippen LogP contribution is -2.29. The minimum Gasteiger partial charge on any atom is -0.478 e. The summed E-state index contributed by atoms with van der Waals surface area (Å²) in [5.41, 5.74) is 0.181. The maximum Gasteiger partial charge on any atom is 0.416 e. The SMILES string of the molecule is CCOC1=C(C#N)C(c2ccc(C(F)(F)F)cc2)SC(=NC)N1. The highest BCUT2D eigenvalue weighted by Crippen LogP contribution is 2.41. The van der Waals surface area contributed by atoms with E-state index in [1.54, 1.807) is 14.0 Å². The molecule has 0 fully saturated rings. The number of ether oxygens (including phenoxy) is 1. The van der Waals surface area contributed by atoms with Crippen LogP contribution in [0.3, 0.4) is 0 Å². The predicted octanol–water partition coefficient (Wildman–Crippen LogP) is 3.84. The number of hydrogen-bond acceptors (Lipinski definition) is 4. The van der Waals surface area contributed by atoms with Crippen molar-refractivity contribution in [2.75, 3.05) is 13.7 Å². The van der Waals surface area contributed by atoms with Crippen LogP contribution < -0.4 is 5.32 Å². The molecule has 122 valence electrons. The summed E-state index contributed by atoms with van der Waals surface area (Å²) in [6, 6.07) is 6.84. The molecule has 8 heteroatoms. The van der Waals surface area contributed by atoms with Gasteiger partial charge in [0.05, 0.1) is 17.4 Å². The molecule has 1 aliphatic heterocycles. The summed E-state index contributed by atoms with van der Waals surface area (Å²) in [6.45, 7) is 2.14. The van der Waals surface area contributed by atoms with Gasteiger partial charge in [0.25, 0.3) is 0 Å². The number of nitrogens with zero attached hydrogens (tertiary/aromatic N) is 2. The lowest BCUT2D eigenvalue weighted by atomic mass is 10.0. The summed E-state index contributed by atoms with van der Waals surface area (Å²) in [5.74, 6) is 0.291. The van der Waals surface area contributed by atoms with Crippen molar-refractivity contribution in [2.45, 2.75) is 18.3 Å². The molecule has 0 bridgehead atoms. The molecule has 1 unspecified atom stereocenters. The number of amidine groups is 1. The summed E-state index contributed by atoms with van der Waals surface area (Å²) >= 11 is 1.26. The van der Waals surface area contributed by atoms with E-state index in [0.29, 0.717) is 28.8 Å². The summed E-state index contributed by atoms with van der Waals surface area (Å²) in [5, 5.41) is 12.4. The van der Waals surface area contributed by atoms with E-state index >= 15 is 0 Å². The Morgan fingerprint density at radius 2 is 2.00 bits per heavy atom. The van der Waals surface area contributed by atoms with Crippen molar-refractivity contribution >= 4 is 16.9 Å². The Hall–Kier alpha value is -2.14. The molecule has 1 aromatic carbocycles. The van der Waals surface area contributed by atoms with Crippen molar-refractivity contribution in [1.82, 2.24) is 5.32 Å². The molecule has 0 amide bonds. The van der Waals surface area contributed by atoms with E-state index in [1.807, 2.05) is 0 Å². The van der Waals surface area contributed by atoms with Crippen LogP contribution in [0, 0.1) is 11.3 Å². The molecule has 4 nitrogen and oxygen atoms in total. The van der Waals surface area contributed by atoms with Gasteiger partial charge in [-0.3, -0.25) is 4.99 Å². The first kappa shape index (κ1) is 17.2. The van der Waals surface area contributed by atoms with E-state index in [1.165, 1.54) is 23.9 Å². The molecule has 1 N–H and O–H groups in total. The third-order valence-corrected chi connectivity index (χ3v) is 4.36. The van der Waals surface area contributed by atoms with Gasteiger partial charge < -0.3 is 10.1 Å². The zero-order valence-corrected chi connectivity index (χ0v) is 13.3. The van der Waals surface area contributed by atoms with Gasteiger partial charge in [-0.05, 0) is 24.6 Å². The van der Waals surface area contributed by atoms with Crippen LogP contribution in [0.1, 0.15) is 23.3 Å². The first-order valence-electron chi connectivity index (χ1n) is 6.75. The standard InChI is InChI=1S/C15H14F3N3OS/c1-3-22-13-11(8-19)12(23-14(20-2)21-13)9-4-6-10(7-5-9)15(16,17)18/h4-7,12H,3H2,1-2H3,(H,20,21). The Morgan fingerprint density at radius 3 is 2.48 bits per heavy atom. The van der Waals surface area contributed by atoms with Crippen LogP contribution in [-0.4, -0.2) is 18.8 Å². The van der Waals surface area contributed by atoms with Gasteiger partial charge >= 0.3 is 6.18 Å². The molecule has 1 heterocycles. The molecule has 0 spiro atoms. The minimum absolute atomic E-state index is 0.291. The second-order valence-corrected chi connectivity index (χ2v) is 5.65. The summed E-state index contributed by atoms with van der Waals surface area (Å²) in [6.07, 6.45) is -4.39. The predicted molar refractivity (Wildman–Crippen MR) is 82.5 cm³/mol. The zero-order valence-electron chi connectivity index (χ0n) is 12.4. The Labute approximate surface area is 136 Å². The summed E-state index contributed by atoms with van der Waals surface area (Å²) < 4.78 is 43.4. The summed E-state index contributed by atoms with van der Waals surface area (Å²) in [4.78, 5) is 4.05. The number of hydrogen-bond donors (Lipinski definition) is 1. The van der Waals surface area contributed by atoms with Crippen LogP contribution >= 0.6 is 11.8 Å². The monoisotopic (exact) mass is 341 g/mol. The molecule has 1 aliphatic rings. The smallest absolute Gasteiger partial charge is 0.416 e. The van der Waals surface area contributed by atoms with Gasteiger partial charge in [-0.15, -0.1) is 0 Å². The van der Waals surface area contributed by atoms with Crippen molar-refractivity contribution in [3.8, 4) is 6.07 Å². The van der Waals surface area contributed by atoms with Crippen LogP contribution in [0.4, 0.5) is 13.2 Å². The molecule has 2 rings (SSSR count). The number of nitrogens with one attached hydrogen (secondary N) is 1. The van der Waals surface area contributed by atoms with Gasteiger partial charge in [0.1, 0.15) is 11.6 Å². The molecule has 0 saturated heterocycles. The third kappa shape index (κ3) is 3.79. The fourth-order valence-electron chi connectivity index (χ4n) is 2.04. The number of alkyl halides is 3. The van der Waals surface area contributed by atoms with Gasteiger partial charge in [-0.25, -0.2) is 0 Å². The van der Waals surface area contributed by atoms with Crippen LogP contribution in [0.5, 0.6) is 0 Å². The number of aliphatic imine (C=N–C) groups is 1. The first-order valence-corrected chi connectivity index (χ1v) is 7.63. The number of nitriles is 1. The molecular formula is C15H14F3N3OS. The highest BCUT2D eigenvalue weighted by atomic mass is 32.2. The Morgan fingerprint density at radius 1 is 1.35 bits per heavy atom. The third-order valence-electron chi connectivity index (χ3n) is 3.11. The topological polar surface area (TPSA) is 57.4 Å². The van der Waals surface area contributed by atoms with E-state index in [2.05, 4.69) is 16.4 Å². The van der Waals surface area contributed by atoms with E-state index in [9.17, 15) is 18.4 Å². The lowest BCUT2D eigenvalue weighted by molar-refractivity contribution is -0.137. The second-order valence-electron chi connectivity index (χ2n) is 4.56. The lowest BCUT2D eigenvalue weighted by Gasteiger charge is -2.26. The Kier molecular flexibility index (Phi) is 5.21. The minimum atomic E-state index is -4.39. The van der Waals surface area contributed by atoms with E-state index < -0.39 is 17.0 Å². The molecule has 0 aliphatic carbocycles. The van der Waals surface area contributed by atoms with E-state index in [-0.39, 0.29) is 0 Å². The average Bonchev–Trinajstić information content (AvgIpc) is 2.53. The van der Waals surface area contributed by atoms with E-state index in [4.69, 9.17) is 4.74 Å².